The molecule has 1 aromatic rings. The van der Waals surface area contributed by atoms with Gasteiger partial charge in [0.05, 0.1) is 16.7 Å². The Labute approximate surface area is 118 Å². The summed E-state index contributed by atoms with van der Waals surface area (Å²) in [6.07, 6.45) is 4.75. The minimum Gasteiger partial charge on any atom is -0.376 e. The van der Waals surface area contributed by atoms with Crippen LogP contribution in [0.4, 0.5) is 5.13 Å². The molecule has 0 radical (unpaired) electrons. The molecule has 0 saturated carbocycles. The van der Waals surface area contributed by atoms with Crippen LogP contribution in [0.25, 0.3) is 0 Å². The summed E-state index contributed by atoms with van der Waals surface area (Å²) in [4.78, 5) is 18.6. The van der Waals surface area contributed by atoms with Crippen LogP contribution >= 0.6 is 11.3 Å². The highest BCUT2D eigenvalue weighted by molar-refractivity contribution is 7.17. The lowest BCUT2D eigenvalue weighted by Crippen LogP contribution is -2.33. The smallest absolute Gasteiger partial charge is 0.186 e. The van der Waals surface area contributed by atoms with Crippen molar-refractivity contribution in [3.05, 3.63) is 10.6 Å². The zero-order valence-corrected chi connectivity index (χ0v) is 12.7. The van der Waals surface area contributed by atoms with Crippen molar-refractivity contribution in [2.75, 3.05) is 25.1 Å². The number of ether oxygens (including phenoxy) is 1. The van der Waals surface area contributed by atoms with E-state index in [9.17, 15) is 4.79 Å². The maximum Gasteiger partial charge on any atom is 0.186 e. The van der Waals surface area contributed by atoms with E-state index in [1.807, 2.05) is 7.05 Å². The van der Waals surface area contributed by atoms with Gasteiger partial charge in [0.25, 0.3) is 0 Å². The number of rotatable bonds is 5. The van der Waals surface area contributed by atoms with Crippen molar-refractivity contribution >= 4 is 22.8 Å². The highest BCUT2D eigenvalue weighted by Gasteiger charge is 2.20. The zero-order chi connectivity index (χ0) is 13.8. The molecule has 5 heteroatoms. The van der Waals surface area contributed by atoms with Gasteiger partial charge in [-0.1, -0.05) is 25.2 Å². The van der Waals surface area contributed by atoms with Crippen LogP contribution in [0.5, 0.6) is 0 Å². The number of carbonyl (C=O) groups excluding carboxylic acids is 1. The number of aldehydes is 1. The Hall–Kier alpha value is -0.940. The van der Waals surface area contributed by atoms with E-state index in [1.165, 1.54) is 24.2 Å². The van der Waals surface area contributed by atoms with Crippen molar-refractivity contribution in [2.24, 2.45) is 0 Å². The van der Waals surface area contributed by atoms with Gasteiger partial charge in [-0.3, -0.25) is 4.79 Å². The molecule has 1 aromatic heterocycles. The predicted octanol–water partition coefficient (Wildman–Crippen LogP) is 3.08. The molecule has 2 heterocycles. The normalized spacial score (nSPS) is 19.7. The van der Waals surface area contributed by atoms with Crippen LogP contribution < -0.4 is 4.90 Å². The molecule has 2 rings (SSSR count). The van der Waals surface area contributed by atoms with Gasteiger partial charge in [0.2, 0.25) is 0 Å². The van der Waals surface area contributed by atoms with Gasteiger partial charge >= 0.3 is 0 Å². The van der Waals surface area contributed by atoms with Crippen molar-refractivity contribution in [3.8, 4) is 0 Å². The molecule has 1 aliphatic rings. The third-order valence-electron chi connectivity index (χ3n) is 3.40. The second-order valence-corrected chi connectivity index (χ2v) is 6.40. The standard InChI is InChI=1S/C14H22N2O2S/c1-10(2)13-12(9-17)19-14(15-13)16(3)8-11-6-4-5-7-18-11/h9-11H,4-8H2,1-3H3. The fourth-order valence-corrected chi connectivity index (χ4v) is 3.33. The SMILES string of the molecule is CC(C)c1nc(N(C)CC2CCCCO2)sc1C=O. The van der Waals surface area contributed by atoms with Crippen molar-refractivity contribution in [1.82, 2.24) is 4.98 Å². The van der Waals surface area contributed by atoms with Gasteiger partial charge in [0.15, 0.2) is 11.4 Å². The summed E-state index contributed by atoms with van der Waals surface area (Å²) < 4.78 is 5.75. The quantitative estimate of drug-likeness (QED) is 0.778. The Balaban J connectivity index is 2.05. The van der Waals surface area contributed by atoms with Gasteiger partial charge in [-0.2, -0.15) is 0 Å². The topological polar surface area (TPSA) is 42.4 Å². The monoisotopic (exact) mass is 282 g/mol. The summed E-state index contributed by atoms with van der Waals surface area (Å²) in [5.41, 5.74) is 0.909. The third kappa shape index (κ3) is 3.54. The summed E-state index contributed by atoms with van der Waals surface area (Å²) in [5.74, 6) is 0.282. The van der Waals surface area contributed by atoms with Crippen LogP contribution in [0.15, 0.2) is 0 Å². The molecule has 19 heavy (non-hydrogen) atoms. The number of likely N-dealkylation sites (N-methyl/N-ethyl adjacent to an activating group) is 1. The summed E-state index contributed by atoms with van der Waals surface area (Å²) in [7, 11) is 2.02. The Morgan fingerprint density at radius 3 is 2.84 bits per heavy atom. The Morgan fingerprint density at radius 2 is 2.32 bits per heavy atom. The molecule has 1 aliphatic heterocycles. The van der Waals surface area contributed by atoms with E-state index in [0.717, 1.165) is 41.6 Å². The number of aromatic nitrogens is 1. The van der Waals surface area contributed by atoms with Crippen LogP contribution in [0.2, 0.25) is 0 Å². The summed E-state index contributed by atoms with van der Waals surface area (Å²) in [5, 5.41) is 0.917. The van der Waals surface area contributed by atoms with Crippen LogP contribution in [-0.2, 0) is 4.74 Å². The third-order valence-corrected chi connectivity index (χ3v) is 4.51. The highest BCUT2D eigenvalue weighted by Crippen LogP contribution is 2.29. The second-order valence-electron chi connectivity index (χ2n) is 5.39. The highest BCUT2D eigenvalue weighted by atomic mass is 32.1. The lowest BCUT2D eigenvalue weighted by molar-refractivity contribution is 0.0216. The molecule has 0 aliphatic carbocycles. The van der Waals surface area contributed by atoms with E-state index in [1.54, 1.807) is 0 Å². The van der Waals surface area contributed by atoms with Crippen LogP contribution in [0.3, 0.4) is 0 Å². The number of hydrogen-bond acceptors (Lipinski definition) is 5. The molecule has 1 fully saturated rings. The van der Waals surface area contributed by atoms with Gasteiger partial charge in [-0.15, -0.1) is 0 Å². The molecule has 0 bridgehead atoms. The lowest BCUT2D eigenvalue weighted by Gasteiger charge is -2.27. The first kappa shape index (κ1) is 14.5. The average Bonchev–Trinajstić information content (AvgIpc) is 2.84. The Morgan fingerprint density at radius 1 is 1.53 bits per heavy atom. The molecule has 1 atom stereocenters. The fourth-order valence-electron chi connectivity index (χ4n) is 2.33. The molecule has 1 unspecified atom stereocenters. The minimum absolute atomic E-state index is 0.282. The first-order valence-electron chi connectivity index (χ1n) is 6.90. The van der Waals surface area contributed by atoms with Gasteiger partial charge < -0.3 is 9.64 Å². The minimum atomic E-state index is 0.282. The largest absolute Gasteiger partial charge is 0.376 e. The van der Waals surface area contributed by atoms with Crippen LogP contribution in [0.1, 0.15) is 54.4 Å². The molecular formula is C14H22N2O2S. The number of hydrogen-bond donors (Lipinski definition) is 0. The number of carbonyl (C=O) groups is 1. The number of anilines is 1. The Bertz CT molecular complexity index is 425. The second kappa shape index (κ2) is 6.48. The molecule has 0 amide bonds. The zero-order valence-electron chi connectivity index (χ0n) is 11.9. The van der Waals surface area contributed by atoms with Gasteiger partial charge in [-0.25, -0.2) is 4.98 Å². The first-order valence-corrected chi connectivity index (χ1v) is 7.72. The molecule has 0 aromatic carbocycles. The van der Waals surface area contributed by atoms with Gasteiger partial charge in [-0.05, 0) is 25.2 Å². The van der Waals surface area contributed by atoms with Crippen molar-refractivity contribution in [1.29, 1.82) is 0 Å². The average molecular weight is 282 g/mol. The van der Waals surface area contributed by atoms with Gasteiger partial charge in [0.1, 0.15) is 0 Å². The number of nitrogens with zero attached hydrogens (tertiary/aromatic N) is 2. The molecule has 0 spiro atoms. The molecule has 1 saturated heterocycles. The van der Waals surface area contributed by atoms with Crippen LogP contribution in [0, 0.1) is 0 Å². The van der Waals surface area contributed by atoms with E-state index in [2.05, 4.69) is 23.7 Å². The van der Waals surface area contributed by atoms with E-state index in [4.69, 9.17) is 4.74 Å². The maximum atomic E-state index is 11.1. The van der Waals surface area contributed by atoms with E-state index in [0.29, 0.717) is 6.10 Å². The predicted molar refractivity (Wildman–Crippen MR) is 78.5 cm³/mol. The van der Waals surface area contributed by atoms with E-state index in [-0.39, 0.29) is 5.92 Å². The summed E-state index contributed by atoms with van der Waals surface area (Å²) in [6.45, 7) is 5.85. The summed E-state index contributed by atoms with van der Waals surface area (Å²) in [6, 6.07) is 0. The fraction of sp³-hybridized carbons (Fsp3) is 0.714. The molecule has 4 nitrogen and oxygen atoms in total. The van der Waals surface area contributed by atoms with E-state index >= 15 is 0 Å². The summed E-state index contributed by atoms with van der Waals surface area (Å²) >= 11 is 1.48. The molecule has 0 N–H and O–H groups in total. The molecule has 106 valence electrons. The Kier molecular flexibility index (Phi) is 4.93. The van der Waals surface area contributed by atoms with Crippen molar-refractivity contribution in [3.63, 3.8) is 0 Å². The number of thiazole rings is 1. The van der Waals surface area contributed by atoms with Crippen molar-refractivity contribution < 1.29 is 9.53 Å². The van der Waals surface area contributed by atoms with Gasteiger partial charge in [0, 0.05) is 20.2 Å². The lowest BCUT2D eigenvalue weighted by atomic mass is 10.1. The first-order chi connectivity index (χ1) is 9.11. The van der Waals surface area contributed by atoms with Crippen LogP contribution in [-0.4, -0.2) is 37.6 Å². The van der Waals surface area contributed by atoms with E-state index < -0.39 is 0 Å². The molecular weight excluding hydrogens is 260 g/mol. The maximum absolute atomic E-state index is 11.1. The van der Waals surface area contributed by atoms with Crippen molar-refractivity contribution in [2.45, 2.75) is 45.1 Å².